The van der Waals surface area contributed by atoms with Crippen LogP contribution in [-0.2, 0) is 47.5 Å². The number of rotatable bonds is 22. The average molecular weight is 467 g/mol. The maximum atomic E-state index is 11.4. The summed E-state index contributed by atoms with van der Waals surface area (Å²) in [7, 11) is 0. The zero-order chi connectivity index (χ0) is 23.9. The van der Waals surface area contributed by atoms with Gasteiger partial charge in [0.25, 0.3) is 0 Å². The Morgan fingerprint density at radius 2 is 0.938 bits per heavy atom. The Morgan fingerprint density at radius 3 is 1.31 bits per heavy atom. The van der Waals surface area contributed by atoms with Crippen molar-refractivity contribution in [3.8, 4) is 0 Å². The predicted octanol–water partition coefficient (Wildman–Crippen LogP) is 1.77. The van der Waals surface area contributed by atoms with Crippen LogP contribution in [-0.4, -0.2) is 103 Å². The van der Waals surface area contributed by atoms with Crippen molar-refractivity contribution in [1.29, 1.82) is 0 Å². The summed E-state index contributed by atoms with van der Waals surface area (Å²) in [6, 6.07) is 0. The summed E-state index contributed by atoms with van der Waals surface area (Å²) in [6.45, 7) is 12.3. The standard InChI is InChI=1S/C22H42O10/c1-5-6-20(23)31-18-17-29-14-13-27-10-9-25-7-8-26-11-12-28-15-16-30-19-21(24)32-22(2,3)4/h5-19H2,1-4H3. The number of hydrogen-bond acceptors (Lipinski definition) is 10. The molecule has 0 bridgehead atoms. The Balaban J connectivity index is 3.15. The van der Waals surface area contributed by atoms with Crippen LogP contribution in [0, 0.1) is 0 Å². The molecule has 0 atom stereocenters. The number of carbonyl (C=O) groups is 2. The Hall–Kier alpha value is -1.30. The molecule has 0 aromatic heterocycles. The minimum absolute atomic E-state index is 0.0819. The van der Waals surface area contributed by atoms with Crippen molar-refractivity contribution in [2.75, 3.05) is 85.9 Å². The van der Waals surface area contributed by atoms with E-state index in [4.69, 9.17) is 37.9 Å². The zero-order valence-electron chi connectivity index (χ0n) is 20.2. The second kappa shape index (κ2) is 21.5. The molecule has 0 aromatic carbocycles. The molecule has 0 aliphatic carbocycles. The van der Waals surface area contributed by atoms with E-state index < -0.39 is 5.60 Å². The first-order chi connectivity index (χ1) is 15.3. The van der Waals surface area contributed by atoms with Crippen LogP contribution in [0.3, 0.4) is 0 Å². The molecule has 10 heteroatoms. The van der Waals surface area contributed by atoms with Crippen LogP contribution < -0.4 is 0 Å². The molecule has 0 N–H and O–H groups in total. The third kappa shape index (κ3) is 25.0. The van der Waals surface area contributed by atoms with Gasteiger partial charge in [-0.3, -0.25) is 4.79 Å². The van der Waals surface area contributed by atoms with Gasteiger partial charge >= 0.3 is 11.9 Å². The van der Waals surface area contributed by atoms with Gasteiger partial charge < -0.3 is 37.9 Å². The monoisotopic (exact) mass is 466 g/mol. The van der Waals surface area contributed by atoms with Gasteiger partial charge in [0.15, 0.2) is 0 Å². The van der Waals surface area contributed by atoms with Crippen LogP contribution in [0.15, 0.2) is 0 Å². The van der Waals surface area contributed by atoms with Crippen molar-refractivity contribution in [2.24, 2.45) is 0 Å². The molecule has 0 aliphatic rings. The molecule has 0 aliphatic heterocycles. The summed E-state index contributed by atoms with van der Waals surface area (Å²) in [5, 5.41) is 0. The third-order valence-electron chi connectivity index (χ3n) is 3.44. The fourth-order valence-electron chi connectivity index (χ4n) is 2.12. The maximum absolute atomic E-state index is 11.4. The van der Waals surface area contributed by atoms with Gasteiger partial charge in [-0.05, 0) is 27.2 Å². The van der Waals surface area contributed by atoms with E-state index in [1.807, 2.05) is 27.7 Å². The fourth-order valence-corrected chi connectivity index (χ4v) is 2.12. The van der Waals surface area contributed by atoms with Crippen LogP contribution in [0.4, 0.5) is 0 Å². The first-order valence-corrected chi connectivity index (χ1v) is 11.2. The number of ether oxygens (including phenoxy) is 8. The number of hydrogen-bond donors (Lipinski definition) is 0. The first kappa shape index (κ1) is 30.7. The molecule has 0 aromatic rings. The molecule has 0 spiro atoms. The van der Waals surface area contributed by atoms with Crippen molar-refractivity contribution < 1.29 is 47.5 Å². The highest BCUT2D eigenvalue weighted by atomic mass is 16.6. The quantitative estimate of drug-likeness (QED) is 0.173. The average Bonchev–Trinajstić information content (AvgIpc) is 2.71. The molecule has 0 saturated carbocycles. The Labute approximate surface area is 192 Å². The van der Waals surface area contributed by atoms with Crippen molar-refractivity contribution >= 4 is 11.9 Å². The molecule has 10 nitrogen and oxygen atoms in total. The molecular weight excluding hydrogens is 424 g/mol. The highest BCUT2D eigenvalue weighted by Crippen LogP contribution is 2.06. The van der Waals surface area contributed by atoms with E-state index in [-0.39, 0.29) is 25.2 Å². The van der Waals surface area contributed by atoms with E-state index in [2.05, 4.69) is 0 Å². The summed E-state index contributed by atoms with van der Waals surface area (Å²) in [4.78, 5) is 22.6. The number of carbonyl (C=O) groups excluding carboxylic acids is 2. The molecule has 0 rings (SSSR count). The lowest BCUT2D eigenvalue weighted by atomic mass is 10.2. The molecule has 0 fully saturated rings. The van der Waals surface area contributed by atoms with E-state index in [9.17, 15) is 9.59 Å². The fraction of sp³-hybridized carbons (Fsp3) is 0.909. The Bertz CT molecular complexity index is 450. The molecule has 32 heavy (non-hydrogen) atoms. The lowest BCUT2D eigenvalue weighted by Gasteiger charge is -2.19. The van der Waals surface area contributed by atoms with Crippen LogP contribution in [0.5, 0.6) is 0 Å². The van der Waals surface area contributed by atoms with E-state index in [0.717, 1.165) is 6.42 Å². The Morgan fingerprint density at radius 1 is 0.562 bits per heavy atom. The van der Waals surface area contributed by atoms with Crippen molar-refractivity contribution in [3.05, 3.63) is 0 Å². The lowest BCUT2D eigenvalue weighted by Crippen LogP contribution is -2.27. The lowest BCUT2D eigenvalue weighted by molar-refractivity contribution is -0.160. The van der Waals surface area contributed by atoms with E-state index in [1.54, 1.807) is 0 Å². The third-order valence-corrected chi connectivity index (χ3v) is 3.44. The minimum Gasteiger partial charge on any atom is -0.463 e. The molecule has 0 heterocycles. The smallest absolute Gasteiger partial charge is 0.332 e. The van der Waals surface area contributed by atoms with Gasteiger partial charge in [0.05, 0.1) is 72.7 Å². The van der Waals surface area contributed by atoms with Crippen LogP contribution >= 0.6 is 0 Å². The second-order valence-corrected chi connectivity index (χ2v) is 7.67. The SMILES string of the molecule is CCCC(=O)OCCOCCOCCOCCOCCOCCOCC(=O)OC(C)(C)C. The molecule has 0 unspecified atom stereocenters. The topological polar surface area (TPSA) is 108 Å². The van der Waals surface area contributed by atoms with Crippen LogP contribution in [0.1, 0.15) is 40.5 Å². The number of esters is 2. The van der Waals surface area contributed by atoms with E-state index in [1.165, 1.54) is 0 Å². The van der Waals surface area contributed by atoms with Crippen LogP contribution in [0.2, 0.25) is 0 Å². The maximum Gasteiger partial charge on any atom is 0.332 e. The molecule has 190 valence electrons. The van der Waals surface area contributed by atoms with Gasteiger partial charge in [0, 0.05) is 6.42 Å². The van der Waals surface area contributed by atoms with Gasteiger partial charge in [-0.2, -0.15) is 0 Å². The minimum atomic E-state index is -0.506. The van der Waals surface area contributed by atoms with Gasteiger partial charge in [-0.25, -0.2) is 4.79 Å². The summed E-state index contributed by atoms with van der Waals surface area (Å²) in [5.41, 5.74) is -0.506. The molecule has 0 amide bonds. The molecular formula is C22H42O10. The summed E-state index contributed by atoms with van der Waals surface area (Å²) in [6.07, 6.45) is 1.22. The van der Waals surface area contributed by atoms with Gasteiger partial charge in [-0.15, -0.1) is 0 Å². The van der Waals surface area contributed by atoms with E-state index in [0.29, 0.717) is 79.1 Å². The summed E-state index contributed by atoms with van der Waals surface area (Å²) in [5.74, 6) is -0.579. The predicted molar refractivity (Wildman–Crippen MR) is 117 cm³/mol. The second-order valence-electron chi connectivity index (χ2n) is 7.67. The summed E-state index contributed by atoms with van der Waals surface area (Å²) >= 11 is 0. The Kier molecular flexibility index (Phi) is 20.7. The van der Waals surface area contributed by atoms with Crippen molar-refractivity contribution in [1.82, 2.24) is 0 Å². The van der Waals surface area contributed by atoms with Gasteiger partial charge in [0.2, 0.25) is 0 Å². The van der Waals surface area contributed by atoms with Gasteiger partial charge in [-0.1, -0.05) is 6.92 Å². The highest BCUT2D eigenvalue weighted by molar-refractivity contribution is 5.71. The van der Waals surface area contributed by atoms with Crippen LogP contribution in [0.25, 0.3) is 0 Å². The summed E-state index contributed by atoms with van der Waals surface area (Å²) < 4.78 is 42.1. The molecule has 0 radical (unpaired) electrons. The van der Waals surface area contributed by atoms with Gasteiger partial charge in [0.1, 0.15) is 18.8 Å². The molecule has 0 saturated heterocycles. The largest absolute Gasteiger partial charge is 0.463 e. The first-order valence-electron chi connectivity index (χ1n) is 11.2. The van der Waals surface area contributed by atoms with E-state index >= 15 is 0 Å². The zero-order valence-corrected chi connectivity index (χ0v) is 20.2. The van der Waals surface area contributed by atoms with Crippen molar-refractivity contribution in [3.63, 3.8) is 0 Å². The normalized spacial score (nSPS) is 11.5. The highest BCUT2D eigenvalue weighted by Gasteiger charge is 2.15. The van der Waals surface area contributed by atoms with Crippen molar-refractivity contribution in [2.45, 2.75) is 46.1 Å².